The van der Waals surface area contributed by atoms with Crippen LogP contribution in [-0.2, 0) is 0 Å². The van der Waals surface area contributed by atoms with Gasteiger partial charge < -0.3 is 4.74 Å². The highest BCUT2D eigenvalue weighted by molar-refractivity contribution is 14.1. The first kappa shape index (κ1) is 11.1. The van der Waals surface area contributed by atoms with E-state index >= 15 is 0 Å². The van der Waals surface area contributed by atoms with Crippen LogP contribution >= 0.6 is 34.2 Å². The Kier molecular flexibility index (Phi) is 3.99. The minimum absolute atomic E-state index is 0.0539. The van der Waals surface area contributed by atoms with E-state index in [2.05, 4.69) is 0 Å². The highest BCUT2D eigenvalue weighted by atomic mass is 127. The van der Waals surface area contributed by atoms with Crippen LogP contribution in [0.5, 0.6) is 5.75 Å². The lowest BCUT2D eigenvalue weighted by Gasteiger charge is -2.06. The van der Waals surface area contributed by atoms with E-state index in [1.165, 1.54) is 6.07 Å². The van der Waals surface area contributed by atoms with Gasteiger partial charge in [-0.1, -0.05) is 11.6 Å². The van der Waals surface area contributed by atoms with Gasteiger partial charge in [-0.05, 0) is 34.7 Å². The normalized spacial score (nSPS) is 8.86. The van der Waals surface area contributed by atoms with Crippen LogP contribution in [-0.4, -0.2) is 6.61 Å². The zero-order valence-corrected chi connectivity index (χ0v) is 9.83. The number of benzene rings is 1. The van der Waals surface area contributed by atoms with E-state index in [4.69, 9.17) is 26.9 Å². The first-order chi connectivity index (χ1) is 6.69. The van der Waals surface area contributed by atoms with E-state index in [0.717, 1.165) is 3.57 Å². The van der Waals surface area contributed by atoms with Crippen molar-refractivity contribution < 1.29 is 4.74 Å². The molecule has 0 atom stereocenters. The maximum Gasteiger partial charge on any atom is 0.174 e. The molecule has 5 heteroatoms. The van der Waals surface area contributed by atoms with Crippen LogP contribution in [0.3, 0.4) is 0 Å². The first-order valence-electron chi connectivity index (χ1n) is 3.58. The van der Waals surface area contributed by atoms with Gasteiger partial charge in [-0.25, -0.2) is 0 Å². The second kappa shape index (κ2) is 5.04. The molecule has 0 fully saturated rings. The molecular weight excluding hydrogens is 314 g/mol. The molecule has 1 rings (SSSR count). The number of ether oxygens (including phenoxy) is 1. The lowest BCUT2D eigenvalue weighted by Crippen LogP contribution is -1.97. The maximum atomic E-state index is 8.65. The predicted octanol–water partition coefficient (Wildman–Crippen LogP) is 2.72. The first-order valence-corrected chi connectivity index (χ1v) is 5.03. The van der Waals surface area contributed by atoms with E-state index in [1.807, 2.05) is 34.7 Å². The summed E-state index contributed by atoms with van der Waals surface area (Å²) in [7, 11) is 0. The van der Waals surface area contributed by atoms with Crippen LogP contribution in [0.2, 0.25) is 5.02 Å². The molecule has 0 radical (unpaired) electrons. The Hall–Kier alpha value is -0.980. The SMILES string of the molecule is N#CCOc1c(Cl)cc(C#N)cc1I. The summed E-state index contributed by atoms with van der Waals surface area (Å²) in [4.78, 5) is 0. The van der Waals surface area contributed by atoms with Crippen molar-refractivity contribution in [3.05, 3.63) is 26.3 Å². The standard InChI is InChI=1S/C9H4ClIN2O/c10-7-3-6(5-13)4-8(11)9(7)14-2-1-12/h3-4H,2H2. The Morgan fingerprint density at radius 2 is 2.14 bits per heavy atom. The molecule has 0 aliphatic heterocycles. The van der Waals surface area contributed by atoms with Crippen molar-refractivity contribution >= 4 is 34.2 Å². The number of nitrogens with zero attached hydrogens (tertiary/aromatic N) is 2. The van der Waals surface area contributed by atoms with Crippen molar-refractivity contribution in [2.24, 2.45) is 0 Å². The topological polar surface area (TPSA) is 56.8 Å². The Morgan fingerprint density at radius 1 is 1.43 bits per heavy atom. The van der Waals surface area contributed by atoms with E-state index in [0.29, 0.717) is 16.3 Å². The van der Waals surface area contributed by atoms with Crippen molar-refractivity contribution in [1.29, 1.82) is 10.5 Å². The monoisotopic (exact) mass is 318 g/mol. The summed E-state index contributed by atoms with van der Waals surface area (Å²) in [6.07, 6.45) is 0. The molecule has 0 aliphatic carbocycles. The van der Waals surface area contributed by atoms with Crippen LogP contribution in [0.15, 0.2) is 12.1 Å². The summed E-state index contributed by atoms with van der Waals surface area (Å²) in [5, 5.41) is 17.3. The fraction of sp³-hybridized carbons (Fsp3) is 0.111. The molecule has 3 nitrogen and oxygen atoms in total. The molecule has 0 aliphatic rings. The number of nitriles is 2. The van der Waals surface area contributed by atoms with E-state index in [9.17, 15) is 0 Å². The molecule has 0 spiro atoms. The van der Waals surface area contributed by atoms with E-state index < -0.39 is 0 Å². The average molecular weight is 319 g/mol. The summed E-state index contributed by atoms with van der Waals surface area (Å²) in [6, 6.07) is 6.99. The predicted molar refractivity (Wildman–Crippen MR) is 60.0 cm³/mol. The molecule has 1 aromatic rings. The Bertz CT molecular complexity index is 410. The third-order valence-corrected chi connectivity index (χ3v) is 2.49. The summed E-state index contributed by atoms with van der Waals surface area (Å²) in [6.45, 7) is -0.0539. The van der Waals surface area contributed by atoms with Crippen molar-refractivity contribution in [3.63, 3.8) is 0 Å². The largest absolute Gasteiger partial charge is 0.476 e. The molecule has 0 N–H and O–H groups in total. The van der Waals surface area contributed by atoms with Gasteiger partial charge in [0.05, 0.1) is 20.2 Å². The van der Waals surface area contributed by atoms with Crippen LogP contribution in [0.25, 0.3) is 0 Å². The Labute approximate surface area is 100.0 Å². The lowest BCUT2D eigenvalue weighted by atomic mass is 10.2. The maximum absolute atomic E-state index is 8.65. The van der Waals surface area contributed by atoms with Crippen LogP contribution in [0.4, 0.5) is 0 Å². The third-order valence-electron chi connectivity index (χ3n) is 1.41. The quantitative estimate of drug-likeness (QED) is 0.788. The summed E-state index contributed by atoms with van der Waals surface area (Å²) < 4.78 is 5.83. The van der Waals surface area contributed by atoms with Crippen LogP contribution in [0, 0.1) is 26.2 Å². The summed E-state index contributed by atoms with van der Waals surface area (Å²) in [5.74, 6) is 0.452. The number of rotatable bonds is 2. The zero-order valence-electron chi connectivity index (χ0n) is 6.92. The summed E-state index contributed by atoms with van der Waals surface area (Å²) in [5.41, 5.74) is 0.476. The van der Waals surface area contributed by atoms with E-state index in [-0.39, 0.29) is 6.61 Å². The molecular formula is C9H4ClIN2O. The molecule has 0 heterocycles. The summed E-state index contributed by atoms with van der Waals surface area (Å²) >= 11 is 7.86. The minimum atomic E-state index is -0.0539. The van der Waals surface area contributed by atoms with Crippen molar-refractivity contribution in [2.45, 2.75) is 0 Å². The highest BCUT2D eigenvalue weighted by Gasteiger charge is 2.08. The molecule has 0 saturated carbocycles. The van der Waals surface area contributed by atoms with Gasteiger partial charge in [0, 0.05) is 0 Å². The van der Waals surface area contributed by atoms with Crippen molar-refractivity contribution in [2.75, 3.05) is 6.61 Å². The fourth-order valence-corrected chi connectivity index (χ4v) is 2.08. The van der Waals surface area contributed by atoms with Gasteiger partial charge in [-0.15, -0.1) is 0 Å². The number of halogens is 2. The minimum Gasteiger partial charge on any atom is -0.476 e. The Morgan fingerprint density at radius 3 is 2.64 bits per heavy atom. The molecule has 70 valence electrons. The fourth-order valence-electron chi connectivity index (χ4n) is 0.867. The second-order valence-electron chi connectivity index (χ2n) is 2.33. The van der Waals surface area contributed by atoms with Gasteiger partial charge in [0.25, 0.3) is 0 Å². The van der Waals surface area contributed by atoms with Gasteiger partial charge in [0.15, 0.2) is 12.4 Å². The van der Waals surface area contributed by atoms with Gasteiger partial charge in [0.1, 0.15) is 6.07 Å². The van der Waals surface area contributed by atoms with Crippen molar-refractivity contribution in [3.8, 4) is 17.9 Å². The zero-order chi connectivity index (χ0) is 10.6. The molecule has 1 aromatic carbocycles. The third kappa shape index (κ3) is 2.50. The molecule has 0 saturated heterocycles. The highest BCUT2D eigenvalue weighted by Crippen LogP contribution is 2.31. The molecule has 0 amide bonds. The smallest absolute Gasteiger partial charge is 0.174 e. The molecule has 0 bridgehead atoms. The van der Waals surface area contributed by atoms with Gasteiger partial charge in [-0.2, -0.15) is 10.5 Å². The molecule has 14 heavy (non-hydrogen) atoms. The van der Waals surface area contributed by atoms with Crippen molar-refractivity contribution in [1.82, 2.24) is 0 Å². The number of hydrogen-bond donors (Lipinski definition) is 0. The second-order valence-corrected chi connectivity index (χ2v) is 3.90. The average Bonchev–Trinajstić information content (AvgIpc) is 2.16. The molecule has 0 aromatic heterocycles. The van der Waals surface area contributed by atoms with Crippen LogP contribution < -0.4 is 4.74 Å². The van der Waals surface area contributed by atoms with Gasteiger partial charge in [0.2, 0.25) is 0 Å². The van der Waals surface area contributed by atoms with Gasteiger partial charge >= 0.3 is 0 Å². The van der Waals surface area contributed by atoms with Gasteiger partial charge in [-0.3, -0.25) is 0 Å². The Balaban J connectivity index is 3.08. The number of hydrogen-bond acceptors (Lipinski definition) is 3. The van der Waals surface area contributed by atoms with Crippen LogP contribution in [0.1, 0.15) is 5.56 Å². The molecule has 0 unspecified atom stereocenters. The lowest BCUT2D eigenvalue weighted by molar-refractivity contribution is 0.366. The van der Waals surface area contributed by atoms with E-state index in [1.54, 1.807) is 6.07 Å².